The van der Waals surface area contributed by atoms with Gasteiger partial charge in [-0.05, 0) is 87.3 Å². The van der Waals surface area contributed by atoms with Gasteiger partial charge in [-0.3, -0.25) is 9.59 Å². The van der Waals surface area contributed by atoms with Crippen LogP contribution < -0.4 is 15.1 Å². The first-order chi connectivity index (χ1) is 31.7. The third-order valence-electron chi connectivity index (χ3n) is 11.1. The number of anilines is 2. The fraction of sp³-hybridized carbons (Fsp3) is 0.333. The molecule has 1 N–H and O–H groups in total. The van der Waals surface area contributed by atoms with Gasteiger partial charge in [0, 0.05) is 58.6 Å². The Balaban J connectivity index is 0.000000219. The number of carbonyl (C=O) groups is 2. The summed E-state index contributed by atoms with van der Waals surface area (Å²) in [6, 6.07) is 26.1. The van der Waals surface area contributed by atoms with Crippen LogP contribution in [-0.4, -0.2) is 77.4 Å². The number of hydrogen-bond donors (Lipinski definition) is 1. The summed E-state index contributed by atoms with van der Waals surface area (Å²) in [5, 5.41) is 16.8. The maximum atomic E-state index is 15.0. The van der Waals surface area contributed by atoms with Crippen molar-refractivity contribution in [2.45, 2.75) is 51.6 Å². The molecule has 67 heavy (non-hydrogen) atoms. The Labute approximate surface area is 387 Å². The molecule has 6 aromatic rings. The van der Waals surface area contributed by atoms with Gasteiger partial charge in [0.15, 0.2) is 0 Å². The summed E-state index contributed by atoms with van der Waals surface area (Å²) in [6.07, 6.45) is -2.51. The van der Waals surface area contributed by atoms with Gasteiger partial charge < -0.3 is 24.0 Å². The zero-order valence-corrected chi connectivity index (χ0v) is 37.4. The highest BCUT2D eigenvalue weighted by Crippen LogP contribution is 2.31. The lowest BCUT2D eigenvalue weighted by molar-refractivity contribution is -0.124. The molecule has 0 spiro atoms. The molecule has 2 aliphatic rings. The lowest BCUT2D eigenvalue weighted by atomic mass is 9.96. The number of para-hydroxylation sites is 2. The standard InChI is InChI=1S/C23H23F3N4O4S.C22H21F3N4O2.ClH/c1-35(32,33)29-11-9-15(10-12-29)23(31)30(18-5-3-2-4-6-18)14-17-8-7-16(13-19(17)24)21-27-28-22(34-21)20(25)26;23-18-12-15(20-27-28-21(31-20)19(24)25)6-7-16(18)13-29(17-4-2-1-3-5-17)22(30)14-8-10-26-11-9-14;/h2-8,13,15,20H,9-12,14H2,1H3;1-7,12,14,19,26H,8-11,13H2;1H. The highest BCUT2D eigenvalue weighted by atomic mass is 35.5. The van der Waals surface area contributed by atoms with E-state index in [-0.39, 0.29) is 84.8 Å². The molecule has 2 amide bonds. The SMILES string of the molecule is CS(=O)(=O)N1CCC(C(=O)N(Cc2ccc(-c3nnc(C(F)F)o3)cc2F)c2ccccc2)CC1.Cl.O=C(C1CCNCC1)N(Cc1ccc(-c2nnc(C(F)F)o2)cc1F)c1ccccc1. The van der Waals surface area contributed by atoms with Crippen molar-refractivity contribution in [1.29, 1.82) is 0 Å². The third kappa shape index (κ3) is 12.6. The van der Waals surface area contributed by atoms with Gasteiger partial charge in [0.05, 0.1) is 19.3 Å². The number of halogens is 7. The van der Waals surface area contributed by atoms with E-state index in [2.05, 4.69) is 25.7 Å². The molecule has 22 heteroatoms. The zero-order valence-electron chi connectivity index (χ0n) is 35.8. The van der Waals surface area contributed by atoms with Gasteiger partial charge in [-0.2, -0.15) is 17.6 Å². The van der Waals surface area contributed by atoms with Crippen LogP contribution >= 0.6 is 12.4 Å². The van der Waals surface area contributed by atoms with E-state index < -0.39 is 52.2 Å². The minimum absolute atomic E-state index is 0. The van der Waals surface area contributed by atoms with Crippen LogP contribution in [0.3, 0.4) is 0 Å². The van der Waals surface area contributed by atoms with E-state index in [4.69, 9.17) is 8.83 Å². The van der Waals surface area contributed by atoms with Gasteiger partial charge in [0.1, 0.15) is 11.6 Å². The lowest BCUT2D eigenvalue weighted by Crippen LogP contribution is -2.44. The molecule has 0 unspecified atom stereocenters. The Kier molecular flexibility index (Phi) is 16.9. The van der Waals surface area contributed by atoms with Crippen molar-refractivity contribution in [2.24, 2.45) is 11.8 Å². The number of sulfonamides is 1. The number of piperidine rings is 2. The number of carbonyl (C=O) groups excluding carboxylic acids is 2. The number of nitrogens with zero attached hydrogens (tertiary/aromatic N) is 7. The van der Waals surface area contributed by atoms with Crippen molar-refractivity contribution in [3.05, 3.63) is 132 Å². The molecule has 0 radical (unpaired) electrons. The van der Waals surface area contributed by atoms with Crippen LogP contribution in [0.25, 0.3) is 22.9 Å². The molecule has 4 heterocycles. The van der Waals surface area contributed by atoms with E-state index in [1.54, 1.807) is 35.2 Å². The van der Waals surface area contributed by atoms with E-state index >= 15 is 4.39 Å². The molecule has 356 valence electrons. The average molecular weight is 975 g/mol. The molecule has 0 bridgehead atoms. The average Bonchev–Trinajstić information content (AvgIpc) is 4.04. The molecule has 0 aliphatic carbocycles. The first kappa shape index (κ1) is 50.3. The van der Waals surface area contributed by atoms with Crippen molar-refractivity contribution >= 4 is 45.6 Å². The Morgan fingerprint density at radius 3 is 1.42 bits per heavy atom. The highest BCUT2D eigenvalue weighted by Gasteiger charge is 2.33. The second kappa shape index (κ2) is 22.6. The molecule has 8 rings (SSSR count). The summed E-state index contributed by atoms with van der Waals surface area (Å²) in [7, 11) is -3.33. The van der Waals surface area contributed by atoms with Crippen LogP contribution in [0.4, 0.5) is 37.7 Å². The highest BCUT2D eigenvalue weighted by molar-refractivity contribution is 7.88. The molecular formula is C45H45ClF6N8O6S. The largest absolute Gasteiger partial charge is 0.415 e. The number of nitrogens with one attached hydrogen (secondary N) is 1. The van der Waals surface area contributed by atoms with Gasteiger partial charge in [-0.1, -0.05) is 48.5 Å². The lowest BCUT2D eigenvalue weighted by Gasteiger charge is -2.33. The maximum Gasteiger partial charge on any atom is 0.314 e. The van der Waals surface area contributed by atoms with E-state index in [1.165, 1.54) is 33.5 Å². The normalized spacial score (nSPS) is 14.9. The number of aromatic nitrogens is 4. The number of amides is 2. The monoisotopic (exact) mass is 974 g/mol. The molecule has 2 fully saturated rings. The fourth-order valence-corrected chi connectivity index (χ4v) is 8.46. The van der Waals surface area contributed by atoms with Crippen LogP contribution in [0.15, 0.2) is 106 Å². The van der Waals surface area contributed by atoms with Crippen molar-refractivity contribution in [1.82, 2.24) is 30.0 Å². The van der Waals surface area contributed by atoms with E-state index in [0.717, 1.165) is 44.3 Å². The fourth-order valence-electron chi connectivity index (χ4n) is 7.59. The molecule has 2 aromatic heterocycles. The second-order valence-electron chi connectivity index (χ2n) is 15.6. The van der Waals surface area contributed by atoms with Crippen molar-refractivity contribution in [2.75, 3.05) is 42.2 Å². The van der Waals surface area contributed by atoms with Crippen LogP contribution in [0, 0.1) is 23.5 Å². The van der Waals surface area contributed by atoms with Crippen LogP contribution in [0.1, 0.15) is 61.4 Å². The summed E-state index contributed by atoms with van der Waals surface area (Å²) in [4.78, 5) is 29.8. The Bertz CT molecular complexity index is 2700. The molecular weight excluding hydrogens is 930 g/mol. The Hall–Kier alpha value is -6.16. The van der Waals surface area contributed by atoms with Gasteiger partial charge >= 0.3 is 12.9 Å². The summed E-state index contributed by atoms with van der Waals surface area (Å²) in [5.41, 5.74) is 2.09. The smallest absolute Gasteiger partial charge is 0.314 e. The summed E-state index contributed by atoms with van der Waals surface area (Å²) >= 11 is 0. The molecule has 0 saturated carbocycles. The second-order valence-corrected chi connectivity index (χ2v) is 17.6. The van der Waals surface area contributed by atoms with E-state index in [1.807, 2.05) is 30.3 Å². The number of rotatable bonds is 13. The minimum Gasteiger partial charge on any atom is -0.415 e. The summed E-state index contributed by atoms with van der Waals surface area (Å²) in [5.74, 6) is -4.17. The predicted molar refractivity (Wildman–Crippen MR) is 237 cm³/mol. The van der Waals surface area contributed by atoms with Crippen LogP contribution in [0.5, 0.6) is 0 Å². The number of alkyl halides is 4. The molecule has 0 atom stereocenters. The van der Waals surface area contributed by atoms with Gasteiger partial charge in [-0.15, -0.1) is 32.8 Å². The van der Waals surface area contributed by atoms with Gasteiger partial charge in [-0.25, -0.2) is 21.5 Å². The minimum atomic E-state index is -3.33. The van der Waals surface area contributed by atoms with Crippen molar-refractivity contribution < 1.29 is 53.2 Å². The summed E-state index contributed by atoms with van der Waals surface area (Å²) < 4.78 is 115. The van der Waals surface area contributed by atoms with Crippen molar-refractivity contribution in [3.8, 4) is 22.9 Å². The summed E-state index contributed by atoms with van der Waals surface area (Å²) in [6.45, 7) is 2.00. The Morgan fingerprint density at radius 2 is 1.06 bits per heavy atom. The third-order valence-corrected chi connectivity index (χ3v) is 12.4. The Morgan fingerprint density at radius 1 is 0.657 bits per heavy atom. The zero-order chi connectivity index (χ0) is 47.0. The first-order valence-electron chi connectivity index (χ1n) is 20.9. The molecule has 2 aliphatic heterocycles. The van der Waals surface area contributed by atoms with E-state index in [9.17, 15) is 40.0 Å². The quantitative estimate of drug-likeness (QED) is 0.110. The van der Waals surface area contributed by atoms with E-state index in [0.29, 0.717) is 29.8 Å². The van der Waals surface area contributed by atoms with Gasteiger partial charge in [0.2, 0.25) is 33.6 Å². The van der Waals surface area contributed by atoms with Gasteiger partial charge in [0.25, 0.3) is 11.8 Å². The molecule has 14 nitrogen and oxygen atoms in total. The number of hydrogen-bond acceptors (Lipinski definition) is 11. The molecule has 4 aromatic carbocycles. The predicted octanol–water partition coefficient (Wildman–Crippen LogP) is 8.79. The molecule has 2 saturated heterocycles. The number of benzene rings is 4. The van der Waals surface area contributed by atoms with Crippen molar-refractivity contribution in [3.63, 3.8) is 0 Å². The van der Waals surface area contributed by atoms with Crippen LogP contribution in [0.2, 0.25) is 0 Å². The topological polar surface area (TPSA) is 168 Å². The maximum absolute atomic E-state index is 15.0. The van der Waals surface area contributed by atoms with Crippen LogP contribution in [-0.2, 0) is 32.7 Å². The first-order valence-corrected chi connectivity index (χ1v) is 22.7.